The summed E-state index contributed by atoms with van der Waals surface area (Å²) in [5, 5.41) is 17.7. The van der Waals surface area contributed by atoms with Crippen LogP contribution in [0.1, 0.15) is 6.92 Å². The van der Waals surface area contributed by atoms with E-state index < -0.39 is 6.10 Å². The number of aliphatic hydroxyl groups is 1. The van der Waals surface area contributed by atoms with E-state index in [1.54, 1.807) is 0 Å². The van der Waals surface area contributed by atoms with E-state index in [9.17, 15) is 5.11 Å². The summed E-state index contributed by atoms with van der Waals surface area (Å²) in [6.45, 7) is 4.35. The Balaban J connectivity index is 2.46. The van der Waals surface area contributed by atoms with E-state index in [0.717, 1.165) is 13.1 Å². The molecule has 0 saturated carbocycles. The summed E-state index contributed by atoms with van der Waals surface area (Å²) in [5.74, 6) is -0.167. The van der Waals surface area contributed by atoms with Crippen LogP contribution in [-0.2, 0) is 0 Å². The van der Waals surface area contributed by atoms with E-state index in [1.807, 2.05) is 6.92 Å². The van der Waals surface area contributed by atoms with Gasteiger partial charge in [0.15, 0.2) is 0 Å². The van der Waals surface area contributed by atoms with Gasteiger partial charge in [-0.25, -0.2) is 0 Å². The molecule has 1 heterocycles. The van der Waals surface area contributed by atoms with Crippen molar-refractivity contribution in [1.29, 1.82) is 5.26 Å². The second-order valence-corrected chi connectivity index (χ2v) is 2.66. The first-order chi connectivity index (χ1) is 4.77. The third kappa shape index (κ3) is 1.28. The third-order valence-electron chi connectivity index (χ3n) is 1.98. The summed E-state index contributed by atoms with van der Waals surface area (Å²) in [4.78, 5) is 2.08. The lowest BCUT2D eigenvalue weighted by Gasteiger charge is -2.09. The van der Waals surface area contributed by atoms with Crippen LogP contribution in [0.15, 0.2) is 0 Å². The molecule has 1 fully saturated rings. The van der Waals surface area contributed by atoms with E-state index in [1.165, 1.54) is 0 Å². The minimum Gasteiger partial charge on any atom is -0.390 e. The Hall–Kier alpha value is -0.590. The van der Waals surface area contributed by atoms with Crippen molar-refractivity contribution in [3.63, 3.8) is 0 Å². The smallest absolute Gasteiger partial charge is 0.0861 e. The minimum absolute atomic E-state index is 0.167. The number of aliphatic hydroxyl groups excluding tert-OH is 1. The number of rotatable bonds is 1. The number of hydrogen-bond donors (Lipinski definition) is 1. The van der Waals surface area contributed by atoms with Gasteiger partial charge in [0, 0.05) is 13.1 Å². The molecule has 1 saturated heterocycles. The van der Waals surface area contributed by atoms with Gasteiger partial charge >= 0.3 is 0 Å². The Morgan fingerprint density at radius 3 is 2.70 bits per heavy atom. The summed E-state index contributed by atoms with van der Waals surface area (Å²) < 4.78 is 0. The zero-order valence-corrected chi connectivity index (χ0v) is 6.12. The van der Waals surface area contributed by atoms with Crippen molar-refractivity contribution in [2.75, 3.05) is 19.6 Å². The van der Waals surface area contributed by atoms with E-state index >= 15 is 0 Å². The topological polar surface area (TPSA) is 47.3 Å². The van der Waals surface area contributed by atoms with Crippen molar-refractivity contribution in [1.82, 2.24) is 4.90 Å². The molecule has 0 aromatic carbocycles. The van der Waals surface area contributed by atoms with Gasteiger partial charge in [-0.1, -0.05) is 6.92 Å². The molecule has 0 spiro atoms. The molecule has 1 aliphatic heterocycles. The summed E-state index contributed by atoms with van der Waals surface area (Å²) in [5.41, 5.74) is 0. The fourth-order valence-electron chi connectivity index (χ4n) is 1.25. The van der Waals surface area contributed by atoms with Crippen LogP contribution in [0.4, 0.5) is 0 Å². The number of hydrogen-bond acceptors (Lipinski definition) is 3. The number of likely N-dealkylation sites (tertiary alicyclic amines) is 1. The maximum atomic E-state index is 9.23. The summed E-state index contributed by atoms with van der Waals surface area (Å²) >= 11 is 0. The predicted molar refractivity (Wildman–Crippen MR) is 37.2 cm³/mol. The van der Waals surface area contributed by atoms with E-state index in [-0.39, 0.29) is 5.92 Å². The lowest BCUT2D eigenvalue weighted by atomic mass is 10.1. The largest absolute Gasteiger partial charge is 0.390 e. The Bertz CT molecular complexity index is 152. The summed E-state index contributed by atoms with van der Waals surface area (Å²) in [6.07, 6.45) is -0.426. The number of nitriles is 1. The average Bonchev–Trinajstić information content (AvgIpc) is 2.30. The van der Waals surface area contributed by atoms with Crippen LogP contribution in [0.5, 0.6) is 0 Å². The first-order valence-corrected chi connectivity index (χ1v) is 3.58. The molecular weight excluding hydrogens is 128 g/mol. The SMILES string of the molecule is CCN1CC(O)C(C#N)C1. The second-order valence-electron chi connectivity index (χ2n) is 2.66. The van der Waals surface area contributed by atoms with Gasteiger partial charge < -0.3 is 5.11 Å². The van der Waals surface area contributed by atoms with Crippen LogP contribution in [0.25, 0.3) is 0 Å². The average molecular weight is 140 g/mol. The highest BCUT2D eigenvalue weighted by molar-refractivity contribution is 4.96. The number of likely N-dealkylation sites (N-methyl/N-ethyl adjacent to an activating group) is 1. The van der Waals surface area contributed by atoms with Gasteiger partial charge in [-0.3, -0.25) is 4.90 Å². The van der Waals surface area contributed by atoms with E-state index in [4.69, 9.17) is 5.26 Å². The van der Waals surface area contributed by atoms with Crippen LogP contribution in [-0.4, -0.2) is 35.7 Å². The van der Waals surface area contributed by atoms with Crippen LogP contribution >= 0.6 is 0 Å². The number of nitrogens with zero attached hydrogens (tertiary/aromatic N) is 2. The molecule has 3 nitrogen and oxygen atoms in total. The van der Waals surface area contributed by atoms with Gasteiger partial charge in [0.25, 0.3) is 0 Å². The van der Waals surface area contributed by atoms with Crippen molar-refractivity contribution in [3.05, 3.63) is 0 Å². The maximum Gasteiger partial charge on any atom is 0.0861 e. The van der Waals surface area contributed by atoms with Gasteiger partial charge in [0.05, 0.1) is 18.1 Å². The van der Waals surface area contributed by atoms with Gasteiger partial charge in [0.2, 0.25) is 0 Å². The fraction of sp³-hybridized carbons (Fsp3) is 0.857. The lowest BCUT2D eigenvalue weighted by Crippen LogP contribution is -2.21. The first kappa shape index (κ1) is 7.52. The molecule has 1 aliphatic rings. The second kappa shape index (κ2) is 3.00. The monoisotopic (exact) mass is 140 g/mol. The standard InChI is InChI=1S/C7H12N2O/c1-2-9-4-6(3-8)7(10)5-9/h6-7,10H,2,4-5H2,1H3. The van der Waals surface area contributed by atoms with Gasteiger partial charge in [0.1, 0.15) is 0 Å². The molecule has 0 bridgehead atoms. The van der Waals surface area contributed by atoms with Crippen LogP contribution < -0.4 is 0 Å². The van der Waals surface area contributed by atoms with Crippen LogP contribution in [0, 0.1) is 17.2 Å². The summed E-state index contributed by atoms with van der Waals surface area (Å²) in [7, 11) is 0. The molecule has 10 heavy (non-hydrogen) atoms. The molecule has 0 radical (unpaired) electrons. The molecule has 0 aromatic rings. The minimum atomic E-state index is -0.426. The molecule has 0 aliphatic carbocycles. The molecule has 0 aromatic heterocycles. The molecule has 56 valence electrons. The highest BCUT2D eigenvalue weighted by Crippen LogP contribution is 2.14. The summed E-state index contributed by atoms with van der Waals surface area (Å²) in [6, 6.07) is 2.09. The molecule has 2 atom stereocenters. The van der Waals surface area contributed by atoms with Crippen LogP contribution in [0.3, 0.4) is 0 Å². The fourth-order valence-corrected chi connectivity index (χ4v) is 1.25. The van der Waals surface area contributed by atoms with Crippen LogP contribution in [0.2, 0.25) is 0 Å². The maximum absolute atomic E-state index is 9.23. The number of β-amino-alcohol motifs (C(OH)–C–C–N with tert-alkyl or cyclic N) is 1. The zero-order chi connectivity index (χ0) is 7.56. The van der Waals surface area contributed by atoms with Gasteiger partial charge in [-0.05, 0) is 6.54 Å². The molecule has 0 amide bonds. The predicted octanol–water partition coefficient (Wildman–Crippen LogP) is -0.177. The van der Waals surface area contributed by atoms with Gasteiger partial charge in [-0.15, -0.1) is 0 Å². The van der Waals surface area contributed by atoms with Gasteiger partial charge in [-0.2, -0.15) is 5.26 Å². The third-order valence-corrected chi connectivity index (χ3v) is 1.98. The van der Waals surface area contributed by atoms with E-state index in [0.29, 0.717) is 6.54 Å². The molecule has 1 rings (SSSR count). The molecule has 1 N–H and O–H groups in total. The van der Waals surface area contributed by atoms with Crippen molar-refractivity contribution in [2.24, 2.45) is 5.92 Å². The van der Waals surface area contributed by atoms with Crippen molar-refractivity contribution in [2.45, 2.75) is 13.0 Å². The van der Waals surface area contributed by atoms with E-state index in [2.05, 4.69) is 11.0 Å². The van der Waals surface area contributed by atoms with Crippen molar-refractivity contribution >= 4 is 0 Å². The normalized spacial score (nSPS) is 34.1. The van der Waals surface area contributed by atoms with Crippen molar-refractivity contribution < 1.29 is 5.11 Å². The Morgan fingerprint density at radius 2 is 2.40 bits per heavy atom. The highest BCUT2D eigenvalue weighted by Gasteiger charge is 2.29. The Morgan fingerprint density at radius 1 is 1.70 bits per heavy atom. The molecule has 2 unspecified atom stereocenters. The quantitative estimate of drug-likeness (QED) is 0.549. The molecule has 3 heteroatoms. The Labute approximate surface area is 60.9 Å². The van der Waals surface area contributed by atoms with Crippen molar-refractivity contribution in [3.8, 4) is 6.07 Å². The zero-order valence-electron chi connectivity index (χ0n) is 6.12. The Kier molecular flexibility index (Phi) is 2.25. The highest BCUT2D eigenvalue weighted by atomic mass is 16.3. The molecular formula is C7H12N2O. The lowest BCUT2D eigenvalue weighted by molar-refractivity contribution is 0.160. The first-order valence-electron chi connectivity index (χ1n) is 3.58.